The molecule has 2 aromatic rings. The van der Waals surface area contributed by atoms with Crippen LogP contribution in [-0.2, 0) is 11.8 Å². The van der Waals surface area contributed by atoms with Gasteiger partial charge in [-0.1, -0.05) is 135 Å². The van der Waals surface area contributed by atoms with Crippen LogP contribution in [0.4, 0.5) is 0 Å². The fourth-order valence-electron chi connectivity index (χ4n) is 2.70. The Kier molecular flexibility index (Phi) is 11.0. The second-order valence-corrected chi connectivity index (χ2v) is 8.41. The van der Waals surface area contributed by atoms with Gasteiger partial charge in [-0.05, 0) is 33.9 Å². The van der Waals surface area contributed by atoms with E-state index in [4.69, 9.17) is 0 Å². The van der Waals surface area contributed by atoms with Gasteiger partial charge >= 0.3 is 0 Å². The SMILES string of the molecule is CC.CC.CC(C)(C)C1=Cc2ccccc2C1.CC(C)(C)c1ccccc1. The Morgan fingerprint density at radius 3 is 1.48 bits per heavy atom. The predicted octanol–water partition coefficient (Wildman–Crippen LogP) is 8.71. The van der Waals surface area contributed by atoms with Crippen LogP contribution in [0.1, 0.15) is 85.9 Å². The van der Waals surface area contributed by atoms with Gasteiger partial charge in [-0.3, -0.25) is 0 Å². The summed E-state index contributed by atoms with van der Waals surface area (Å²) in [7, 11) is 0. The molecule has 0 N–H and O–H groups in total. The quantitative estimate of drug-likeness (QED) is 0.437. The Balaban J connectivity index is 0.000000434. The molecule has 0 nitrogen and oxygen atoms in total. The Bertz CT molecular complexity index is 661. The van der Waals surface area contributed by atoms with Crippen molar-refractivity contribution in [1.82, 2.24) is 0 Å². The highest BCUT2D eigenvalue weighted by Crippen LogP contribution is 2.35. The van der Waals surface area contributed by atoms with E-state index >= 15 is 0 Å². The molecule has 0 heteroatoms. The number of rotatable bonds is 0. The van der Waals surface area contributed by atoms with Crippen LogP contribution in [0.15, 0.2) is 60.2 Å². The zero-order chi connectivity index (χ0) is 21.1. The molecule has 3 rings (SSSR count). The minimum absolute atomic E-state index is 0.293. The summed E-state index contributed by atoms with van der Waals surface area (Å²) < 4.78 is 0. The van der Waals surface area contributed by atoms with Crippen molar-refractivity contribution in [2.75, 3.05) is 0 Å². The maximum atomic E-state index is 2.34. The molecule has 1 aliphatic carbocycles. The van der Waals surface area contributed by atoms with E-state index in [2.05, 4.69) is 102 Å². The fraction of sp³-hybridized carbons (Fsp3) is 0.481. The van der Waals surface area contributed by atoms with Crippen LogP contribution in [-0.4, -0.2) is 0 Å². The van der Waals surface area contributed by atoms with Gasteiger partial charge < -0.3 is 0 Å². The van der Waals surface area contributed by atoms with Crippen LogP contribution >= 0.6 is 0 Å². The molecule has 150 valence electrons. The number of hydrogen-bond acceptors (Lipinski definition) is 0. The maximum Gasteiger partial charge on any atom is -0.00526 e. The normalized spacial score (nSPS) is 12.1. The smallest absolute Gasteiger partial charge is 0.00526 e. The van der Waals surface area contributed by atoms with Crippen molar-refractivity contribution >= 4 is 6.08 Å². The van der Waals surface area contributed by atoms with Crippen molar-refractivity contribution in [2.45, 2.75) is 81.1 Å². The maximum absolute atomic E-state index is 2.34. The van der Waals surface area contributed by atoms with Gasteiger partial charge in [-0.15, -0.1) is 0 Å². The van der Waals surface area contributed by atoms with E-state index in [-0.39, 0.29) is 0 Å². The first kappa shape index (κ1) is 25.2. The van der Waals surface area contributed by atoms with E-state index in [9.17, 15) is 0 Å². The third-order valence-corrected chi connectivity index (χ3v) is 4.37. The summed E-state index contributed by atoms with van der Waals surface area (Å²) in [5, 5.41) is 0. The lowest BCUT2D eigenvalue weighted by atomic mass is 9.85. The van der Waals surface area contributed by atoms with Crippen LogP contribution in [0.25, 0.3) is 6.08 Å². The van der Waals surface area contributed by atoms with E-state index in [1.165, 1.54) is 16.7 Å². The van der Waals surface area contributed by atoms with Crippen molar-refractivity contribution in [3.8, 4) is 0 Å². The summed E-state index contributed by atoms with van der Waals surface area (Å²) in [6.45, 7) is 21.5. The first-order valence-corrected chi connectivity index (χ1v) is 10.5. The minimum atomic E-state index is 0.293. The number of benzene rings is 2. The van der Waals surface area contributed by atoms with Crippen LogP contribution in [0.2, 0.25) is 0 Å². The number of allylic oxidation sites excluding steroid dienone is 1. The molecule has 0 saturated heterocycles. The van der Waals surface area contributed by atoms with Gasteiger partial charge in [0.2, 0.25) is 0 Å². The molecule has 2 aromatic carbocycles. The molecule has 0 spiro atoms. The lowest BCUT2D eigenvalue weighted by molar-refractivity contribution is 0.498. The van der Waals surface area contributed by atoms with Crippen molar-refractivity contribution in [3.63, 3.8) is 0 Å². The van der Waals surface area contributed by atoms with Crippen molar-refractivity contribution in [1.29, 1.82) is 0 Å². The molecule has 1 aliphatic rings. The molecule has 0 heterocycles. The van der Waals surface area contributed by atoms with Crippen LogP contribution in [0, 0.1) is 5.41 Å². The molecule has 0 atom stereocenters. The van der Waals surface area contributed by atoms with Crippen molar-refractivity contribution in [2.24, 2.45) is 5.41 Å². The van der Waals surface area contributed by atoms with E-state index < -0.39 is 0 Å². The first-order valence-electron chi connectivity index (χ1n) is 10.5. The van der Waals surface area contributed by atoms with Crippen molar-refractivity contribution in [3.05, 3.63) is 76.9 Å². The fourth-order valence-corrected chi connectivity index (χ4v) is 2.70. The highest BCUT2D eigenvalue weighted by Gasteiger charge is 2.22. The van der Waals surface area contributed by atoms with Gasteiger partial charge in [0, 0.05) is 0 Å². The summed E-state index contributed by atoms with van der Waals surface area (Å²) >= 11 is 0. The second-order valence-electron chi connectivity index (χ2n) is 8.41. The molecule has 0 unspecified atom stereocenters. The Labute approximate surface area is 169 Å². The number of fused-ring (bicyclic) bond motifs is 1. The molecule has 0 amide bonds. The molecule has 0 saturated carbocycles. The largest absolute Gasteiger partial charge is 0.0683 e. The Morgan fingerprint density at radius 1 is 0.593 bits per heavy atom. The standard InChI is InChI=1S/C13H16.C10H14.2C2H6/c1-13(2,3)12-8-10-6-4-5-7-11(10)9-12;1-10(2,3)9-7-5-4-6-8-9;2*1-2/h4-8H,9H2,1-3H3;4-8H,1-3H3;2*1-2H3. The highest BCUT2D eigenvalue weighted by atomic mass is 14.3. The van der Waals surface area contributed by atoms with Gasteiger partial charge in [0.15, 0.2) is 0 Å². The van der Waals surface area contributed by atoms with E-state index in [0.717, 1.165) is 6.42 Å². The molecular formula is C27H42. The van der Waals surface area contributed by atoms with E-state index in [0.29, 0.717) is 10.8 Å². The molecule has 0 aromatic heterocycles. The summed E-state index contributed by atoms with van der Waals surface area (Å²) in [5.74, 6) is 0. The molecule has 0 bridgehead atoms. The first-order chi connectivity index (χ1) is 12.7. The minimum Gasteiger partial charge on any atom is -0.0683 e. The van der Waals surface area contributed by atoms with Crippen LogP contribution in [0.3, 0.4) is 0 Å². The lowest BCUT2D eigenvalue weighted by Crippen LogP contribution is -2.10. The average molecular weight is 367 g/mol. The third kappa shape index (κ3) is 8.61. The van der Waals surface area contributed by atoms with Gasteiger partial charge in [-0.25, -0.2) is 0 Å². The van der Waals surface area contributed by atoms with Crippen LogP contribution in [0.5, 0.6) is 0 Å². The zero-order valence-electron chi connectivity index (χ0n) is 19.5. The van der Waals surface area contributed by atoms with E-state index in [1.807, 2.05) is 27.7 Å². The molecule has 0 fully saturated rings. The van der Waals surface area contributed by atoms with Crippen molar-refractivity contribution < 1.29 is 0 Å². The summed E-state index contributed by atoms with van der Waals surface area (Å²) in [5.41, 5.74) is 6.45. The second kappa shape index (κ2) is 11.8. The zero-order valence-corrected chi connectivity index (χ0v) is 19.5. The van der Waals surface area contributed by atoms with Gasteiger partial charge in [0.05, 0.1) is 0 Å². The predicted molar refractivity (Wildman–Crippen MR) is 125 cm³/mol. The summed E-state index contributed by atoms with van der Waals surface area (Å²) in [6.07, 6.45) is 3.48. The molecular weight excluding hydrogens is 324 g/mol. The van der Waals surface area contributed by atoms with Crippen LogP contribution < -0.4 is 0 Å². The molecule has 0 radical (unpaired) electrons. The topological polar surface area (TPSA) is 0 Å². The molecule has 27 heavy (non-hydrogen) atoms. The summed E-state index contributed by atoms with van der Waals surface area (Å²) in [4.78, 5) is 0. The Morgan fingerprint density at radius 2 is 1.07 bits per heavy atom. The lowest BCUT2D eigenvalue weighted by Gasteiger charge is -2.19. The highest BCUT2D eigenvalue weighted by molar-refractivity contribution is 5.64. The monoisotopic (exact) mass is 366 g/mol. The van der Waals surface area contributed by atoms with Gasteiger partial charge in [0.1, 0.15) is 0 Å². The third-order valence-electron chi connectivity index (χ3n) is 4.37. The Hall–Kier alpha value is -1.82. The summed E-state index contributed by atoms with van der Waals surface area (Å²) in [6, 6.07) is 19.2. The van der Waals surface area contributed by atoms with Gasteiger partial charge in [0.25, 0.3) is 0 Å². The van der Waals surface area contributed by atoms with Gasteiger partial charge in [-0.2, -0.15) is 0 Å². The van der Waals surface area contributed by atoms with E-state index in [1.54, 1.807) is 5.57 Å². The number of hydrogen-bond donors (Lipinski definition) is 0. The molecule has 0 aliphatic heterocycles. The average Bonchev–Trinajstić information content (AvgIpc) is 3.10.